The number of hydrogen-bond donors (Lipinski definition) is 1. The van der Waals surface area contributed by atoms with E-state index >= 15 is 0 Å². The van der Waals surface area contributed by atoms with Crippen LogP contribution in [0, 0.1) is 0 Å². The van der Waals surface area contributed by atoms with Gasteiger partial charge in [-0.1, -0.05) is 42.5 Å². The summed E-state index contributed by atoms with van der Waals surface area (Å²) in [5.41, 5.74) is 8.95. The Morgan fingerprint density at radius 2 is 1.39 bits per heavy atom. The van der Waals surface area contributed by atoms with E-state index in [0.717, 1.165) is 60.0 Å². The van der Waals surface area contributed by atoms with Gasteiger partial charge in [0.25, 0.3) is 0 Å². The lowest BCUT2D eigenvalue weighted by atomic mass is 10.1. The fourth-order valence-corrected chi connectivity index (χ4v) is 4.03. The first-order valence-electron chi connectivity index (χ1n) is 10.4. The van der Waals surface area contributed by atoms with Crippen LogP contribution in [0.3, 0.4) is 0 Å². The fourth-order valence-electron chi connectivity index (χ4n) is 4.03. The minimum atomic E-state index is -0.402. The van der Waals surface area contributed by atoms with Crippen LogP contribution in [-0.4, -0.2) is 42.1 Å². The van der Waals surface area contributed by atoms with Crippen LogP contribution in [0.25, 0.3) is 22.3 Å². The number of para-hydroxylation sites is 1. The molecule has 0 unspecified atom stereocenters. The Morgan fingerprint density at radius 1 is 0.742 bits per heavy atom. The molecule has 0 bridgehead atoms. The molecule has 1 aliphatic rings. The van der Waals surface area contributed by atoms with Gasteiger partial charge in [-0.25, -0.2) is 9.97 Å². The monoisotopic (exact) mass is 409 g/mol. The van der Waals surface area contributed by atoms with E-state index in [9.17, 15) is 4.79 Å². The number of piperazine rings is 1. The van der Waals surface area contributed by atoms with Crippen LogP contribution in [0.15, 0.2) is 78.9 Å². The lowest BCUT2D eigenvalue weighted by Crippen LogP contribution is -2.47. The second-order valence-electron chi connectivity index (χ2n) is 7.64. The van der Waals surface area contributed by atoms with Gasteiger partial charge in [-0.3, -0.25) is 4.79 Å². The van der Waals surface area contributed by atoms with Crippen molar-refractivity contribution in [2.75, 3.05) is 36.0 Å². The number of rotatable bonds is 4. The summed E-state index contributed by atoms with van der Waals surface area (Å²) >= 11 is 0. The number of benzene rings is 3. The molecule has 1 aromatic heterocycles. The summed E-state index contributed by atoms with van der Waals surface area (Å²) < 4.78 is 0. The van der Waals surface area contributed by atoms with E-state index in [1.807, 2.05) is 60.7 Å². The summed E-state index contributed by atoms with van der Waals surface area (Å²) in [6, 6.07) is 25.8. The van der Waals surface area contributed by atoms with Crippen molar-refractivity contribution in [3.8, 4) is 11.4 Å². The number of nitrogens with zero attached hydrogens (tertiary/aromatic N) is 4. The second kappa shape index (κ2) is 8.07. The van der Waals surface area contributed by atoms with Crippen molar-refractivity contribution in [3.05, 3.63) is 84.4 Å². The van der Waals surface area contributed by atoms with Gasteiger partial charge in [0.05, 0.1) is 5.52 Å². The van der Waals surface area contributed by atoms with E-state index in [1.165, 1.54) is 0 Å². The highest BCUT2D eigenvalue weighted by Crippen LogP contribution is 2.29. The number of amides is 1. The van der Waals surface area contributed by atoms with Crippen molar-refractivity contribution in [1.29, 1.82) is 0 Å². The summed E-state index contributed by atoms with van der Waals surface area (Å²) in [4.78, 5) is 25.7. The maximum Gasteiger partial charge on any atom is 0.248 e. The summed E-state index contributed by atoms with van der Waals surface area (Å²) in [7, 11) is 0. The van der Waals surface area contributed by atoms with Crippen LogP contribution >= 0.6 is 0 Å². The van der Waals surface area contributed by atoms with Crippen molar-refractivity contribution in [2.24, 2.45) is 5.73 Å². The maximum atomic E-state index is 11.3. The minimum absolute atomic E-state index is 0.402. The summed E-state index contributed by atoms with van der Waals surface area (Å²) in [5.74, 6) is 1.33. The zero-order valence-electron chi connectivity index (χ0n) is 17.1. The highest BCUT2D eigenvalue weighted by molar-refractivity contribution is 5.93. The zero-order chi connectivity index (χ0) is 21.2. The van der Waals surface area contributed by atoms with Gasteiger partial charge in [-0.2, -0.15) is 0 Å². The molecule has 0 saturated carbocycles. The van der Waals surface area contributed by atoms with E-state index in [0.29, 0.717) is 5.56 Å². The SMILES string of the molecule is NC(=O)c1ccc(N2CCN(c3nc(-c4ccccc4)nc4ccccc34)CC2)cc1. The van der Waals surface area contributed by atoms with E-state index in [1.54, 1.807) is 12.1 Å². The molecular weight excluding hydrogens is 386 g/mol. The Bertz CT molecular complexity index is 1220. The second-order valence-corrected chi connectivity index (χ2v) is 7.64. The van der Waals surface area contributed by atoms with Gasteiger partial charge in [0.2, 0.25) is 5.91 Å². The average molecular weight is 409 g/mol. The Labute approximate surface area is 181 Å². The van der Waals surface area contributed by atoms with E-state index < -0.39 is 5.91 Å². The number of aromatic nitrogens is 2. The average Bonchev–Trinajstić information content (AvgIpc) is 2.84. The van der Waals surface area contributed by atoms with Crippen molar-refractivity contribution in [1.82, 2.24) is 9.97 Å². The highest BCUT2D eigenvalue weighted by Gasteiger charge is 2.21. The normalized spacial score (nSPS) is 14.1. The van der Waals surface area contributed by atoms with Crippen LogP contribution in [0.5, 0.6) is 0 Å². The minimum Gasteiger partial charge on any atom is -0.368 e. The predicted octanol–water partition coefficient (Wildman–Crippen LogP) is 3.72. The summed E-state index contributed by atoms with van der Waals surface area (Å²) in [5, 5.41) is 1.07. The molecule has 4 aromatic rings. The standard InChI is InChI=1S/C25H23N5O/c26-23(31)18-10-12-20(13-11-18)29-14-16-30(17-15-29)25-21-8-4-5-9-22(21)27-24(28-25)19-6-2-1-3-7-19/h1-13H,14-17H2,(H2,26,31). The van der Waals surface area contributed by atoms with Gasteiger partial charge in [-0.05, 0) is 36.4 Å². The van der Waals surface area contributed by atoms with Gasteiger partial charge in [0.1, 0.15) is 5.82 Å². The molecular formula is C25H23N5O. The Balaban J connectivity index is 1.42. The van der Waals surface area contributed by atoms with Crippen LogP contribution in [0.1, 0.15) is 10.4 Å². The maximum absolute atomic E-state index is 11.3. The molecule has 3 aromatic carbocycles. The molecule has 0 aliphatic carbocycles. The first-order chi connectivity index (χ1) is 15.2. The lowest BCUT2D eigenvalue weighted by Gasteiger charge is -2.37. The summed E-state index contributed by atoms with van der Waals surface area (Å²) in [6.07, 6.45) is 0. The molecule has 0 atom stereocenters. The summed E-state index contributed by atoms with van der Waals surface area (Å²) in [6.45, 7) is 3.45. The highest BCUT2D eigenvalue weighted by atomic mass is 16.1. The quantitative estimate of drug-likeness (QED) is 0.556. The van der Waals surface area contributed by atoms with E-state index in [2.05, 4.69) is 15.9 Å². The first-order valence-corrected chi connectivity index (χ1v) is 10.4. The van der Waals surface area contributed by atoms with Crippen molar-refractivity contribution in [2.45, 2.75) is 0 Å². The van der Waals surface area contributed by atoms with Gasteiger partial charge in [0.15, 0.2) is 5.82 Å². The molecule has 1 aliphatic heterocycles. The van der Waals surface area contributed by atoms with Crippen molar-refractivity contribution < 1.29 is 4.79 Å². The molecule has 0 radical (unpaired) electrons. The zero-order valence-corrected chi connectivity index (χ0v) is 17.1. The smallest absolute Gasteiger partial charge is 0.248 e. The third-order valence-corrected chi connectivity index (χ3v) is 5.71. The van der Waals surface area contributed by atoms with Crippen molar-refractivity contribution >= 4 is 28.3 Å². The number of carbonyl (C=O) groups excluding carboxylic acids is 1. The molecule has 1 amide bonds. The molecule has 154 valence electrons. The molecule has 5 rings (SSSR count). The number of fused-ring (bicyclic) bond motifs is 1. The molecule has 1 saturated heterocycles. The predicted molar refractivity (Wildman–Crippen MR) is 124 cm³/mol. The largest absolute Gasteiger partial charge is 0.368 e. The van der Waals surface area contributed by atoms with Crippen LogP contribution < -0.4 is 15.5 Å². The topological polar surface area (TPSA) is 75.4 Å². The van der Waals surface area contributed by atoms with Gasteiger partial charge < -0.3 is 15.5 Å². The van der Waals surface area contributed by atoms with E-state index in [4.69, 9.17) is 15.7 Å². The van der Waals surface area contributed by atoms with Crippen LogP contribution in [0.2, 0.25) is 0 Å². The number of nitrogens with two attached hydrogens (primary N) is 1. The molecule has 6 heteroatoms. The van der Waals surface area contributed by atoms with Crippen LogP contribution in [-0.2, 0) is 0 Å². The lowest BCUT2D eigenvalue weighted by molar-refractivity contribution is 0.100. The molecule has 31 heavy (non-hydrogen) atoms. The van der Waals surface area contributed by atoms with Gasteiger partial charge >= 0.3 is 0 Å². The third kappa shape index (κ3) is 3.80. The van der Waals surface area contributed by atoms with Gasteiger partial charge in [0, 0.05) is 48.4 Å². The number of hydrogen-bond acceptors (Lipinski definition) is 5. The van der Waals surface area contributed by atoms with Crippen LogP contribution in [0.4, 0.5) is 11.5 Å². The molecule has 1 fully saturated rings. The van der Waals surface area contributed by atoms with Crippen molar-refractivity contribution in [3.63, 3.8) is 0 Å². The van der Waals surface area contributed by atoms with E-state index in [-0.39, 0.29) is 0 Å². The Kier molecular flexibility index (Phi) is 4.96. The molecule has 0 spiro atoms. The molecule has 6 nitrogen and oxygen atoms in total. The number of carbonyl (C=O) groups is 1. The van der Waals surface area contributed by atoms with Gasteiger partial charge in [-0.15, -0.1) is 0 Å². The number of anilines is 2. The number of primary amides is 1. The first kappa shape index (κ1) is 19.1. The Morgan fingerprint density at radius 3 is 2.10 bits per heavy atom. The molecule has 2 N–H and O–H groups in total. The Hall–Kier alpha value is -3.93. The molecule has 2 heterocycles. The third-order valence-electron chi connectivity index (χ3n) is 5.71. The fraction of sp³-hybridized carbons (Fsp3) is 0.160.